The highest BCUT2D eigenvalue weighted by Gasteiger charge is 2.04. The topological polar surface area (TPSA) is 18.5 Å². The molecule has 2 nitrogen and oxygen atoms in total. The highest BCUT2D eigenvalue weighted by atomic mass is 16.5. The number of hydrogen-bond acceptors (Lipinski definition) is 2. The molecule has 0 fully saturated rings. The van der Waals surface area contributed by atoms with Crippen LogP contribution in [0.1, 0.15) is 76.9 Å². The molecule has 0 aliphatic carbocycles. The third kappa shape index (κ3) is 7.76. The summed E-state index contributed by atoms with van der Waals surface area (Å²) in [6, 6.07) is 17.0. The molecule has 0 aromatic heterocycles. The SMILES string of the molecule is CCCCCCCCCCOc1ccc(-c2ccc(C(C)OC)cc2)cc1. The first-order valence-corrected chi connectivity index (χ1v) is 10.6. The molecule has 0 bridgehead atoms. The van der Waals surface area contributed by atoms with Gasteiger partial charge < -0.3 is 9.47 Å². The quantitative estimate of drug-likeness (QED) is 0.339. The van der Waals surface area contributed by atoms with Gasteiger partial charge in [0.05, 0.1) is 12.7 Å². The Morgan fingerprint density at radius 2 is 1.22 bits per heavy atom. The number of hydrogen-bond donors (Lipinski definition) is 0. The molecule has 0 heterocycles. The summed E-state index contributed by atoms with van der Waals surface area (Å²) in [6.45, 7) is 5.15. The molecule has 2 rings (SSSR count). The molecular formula is C25H36O2. The van der Waals surface area contributed by atoms with Crippen molar-refractivity contribution >= 4 is 0 Å². The average molecular weight is 369 g/mol. The Morgan fingerprint density at radius 1 is 0.704 bits per heavy atom. The molecule has 2 aromatic rings. The molecule has 0 aliphatic heterocycles. The molecule has 27 heavy (non-hydrogen) atoms. The van der Waals surface area contributed by atoms with Crippen LogP contribution in [0.15, 0.2) is 48.5 Å². The first kappa shape index (κ1) is 21.5. The second kappa shape index (κ2) is 12.6. The minimum atomic E-state index is 0.131. The molecule has 0 saturated carbocycles. The lowest BCUT2D eigenvalue weighted by atomic mass is 10.0. The summed E-state index contributed by atoms with van der Waals surface area (Å²) in [6.07, 6.45) is 10.8. The van der Waals surface area contributed by atoms with Gasteiger partial charge in [-0.05, 0) is 42.2 Å². The second-order valence-corrected chi connectivity index (χ2v) is 7.35. The van der Waals surface area contributed by atoms with Gasteiger partial charge in [-0.15, -0.1) is 0 Å². The van der Waals surface area contributed by atoms with Crippen LogP contribution in [-0.4, -0.2) is 13.7 Å². The van der Waals surface area contributed by atoms with Gasteiger partial charge in [-0.1, -0.05) is 88.3 Å². The molecular weight excluding hydrogens is 332 g/mol. The maximum atomic E-state index is 5.89. The van der Waals surface area contributed by atoms with Crippen LogP contribution in [0.4, 0.5) is 0 Å². The van der Waals surface area contributed by atoms with Crippen LogP contribution in [0.5, 0.6) is 5.75 Å². The van der Waals surface area contributed by atoms with Crippen LogP contribution in [-0.2, 0) is 4.74 Å². The number of benzene rings is 2. The third-order valence-electron chi connectivity index (χ3n) is 5.19. The zero-order chi connectivity index (χ0) is 19.3. The van der Waals surface area contributed by atoms with Crippen molar-refractivity contribution in [1.29, 1.82) is 0 Å². The van der Waals surface area contributed by atoms with Crippen molar-refractivity contribution in [3.63, 3.8) is 0 Å². The van der Waals surface area contributed by atoms with Gasteiger partial charge in [-0.2, -0.15) is 0 Å². The molecule has 1 atom stereocenters. The Morgan fingerprint density at radius 3 is 1.78 bits per heavy atom. The van der Waals surface area contributed by atoms with E-state index in [9.17, 15) is 0 Å². The maximum absolute atomic E-state index is 5.89. The largest absolute Gasteiger partial charge is 0.494 e. The molecule has 148 valence electrons. The fourth-order valence-corrected chi connectivity index (χ4v) is 3.25. The van der Waals surface area contributed by atoms with Crippen molar-refractivity contribution < 1.29 is 9.47 Å². The van der Waals surface area contributed by atoms with Crippen molar-refractivity contribution in [2.75, 3.05) is 13.7 Å². The summed E-state index contributed by atoms with van der Waals surface area (Å²) in [7, 11) is 1.74. The minimum absolute atomic E-state index is 0.131. The lowest BCUT2D eigenvalue weighted by molar-refractivity contribution is 0.119. The summed E-state index contributed by atoms with van der Waals surface area (Å²) in [4.78, 5) is 0. The van der Waals surface area contributed by atoms with E-state index in [4.69, 9.17) is 9.47 Å². The van der Waals surface area contributed by atoms with Gasteiger partial charge in [-0.25, -0.2) is 0 Å². The van der Waals surface area contributed by atoms with Gasteiger partial charge in [0.15, 0.2) is 0 Å². The van der Waals surface area contributed by atoms with Gasteiger partial charge in [0.1, 0.15) is 5.75 Å². The average Bonchev–Trinajstić information content (AvgIpc) is 2.72. The van der Waals surface area contributed by atoms with Crippen LogP contribution < -0.4 is 4.74 Å². The van der Waals surface area contributed by atoms with Crippen molar-refractivity contribution in [2.45, 2.75) is 71.3 Å². The summed E-state index contributed by atoms with van der Waals surface area (Å²) >= 11 is 0. The smallest absolute Gasteiger partial charge is 0.119 e. The van der Waals surface area contributed by atoms with E-state index in [2.05, 4.69) is 62.4 Å². The van der Waals surface area contributed by atoms with Crippen LogP contribution in [0.25, 0.3) is 11.1 Å². The zero-order valence-electron chi connectivity index (χ0n) is 17.4. The molecule has 1 unspecified atom stereocenters. The first-order valence-electron chi connectivity index (χ1n) is 10.6. The Balaban J connectivity index is 1.69. The fourth-order valence-electron chi connectivity index (χ4n) is 3.25. The molecule has 0 saturated heterocycles. The number of unbranched alkanes of at least 4 members (excludes halogenated alkanes) is 7. The molecule has 0 N–H and O–H groups in total. The number of rotatable bonds is 13. The molecule has 2 aromatic carbocycles. The standard InChI is InChI=1S/C25H36O2/c1-4-5-6-7-8-9-10-11-20-27-25-18-16-24(17-19-25)23-14-12-22(13-15-23)21(2)26-3/h12-19,21H,4-11,20H2,1-3H3. The Kier molecular flexibility index (Phi) is 10.0. The normalized spacial score (nSPS) is 12.1. The van der Waals surface area contributed by atoms with E-state index in [0.29, 0.717) is 0 Å². The highest BCUT2D eigenvalue weighted by molar-refractivity contribution is 5.64. The second-order valence-electron chi connectivity index (χ2n) is 7.35. The van der Waals surface area contributed by atoms with Crippen molar-refractivity contribution in [3.8, 4) is 16.9 Å². The Labute approximate surface area is 165 Å². The molecule has 0 aliphatic rings. The van der Waals surface area contributed by atoms with Crippen LogP contribution in [0, 0.1) is 0 Å². The van der Waals surface area contributed by atoms with E-state index in [-0.39, 0.29) is 6.10 Å². The van der Waals surface area contributed by atoms with E-state index in [1.807, 2.05) is 0 Å². The molecule has 0 spiro atoms. The van der Waals surface area contributed by atoms with Gasteiger partial charge in [0.25, 0.3) is 0 Å². The zero-order valence-corrected chi connectivity index (χ0v) is 17.4. The maximum Gasteiger partial charge on any atom is 0.119 e. The lowest BCUT2D eigenvalue weighted by Crippen LogP contribution is -1.97. The lowest BCUT2D eigenvalue weighted by Gasteiger charge is -2.11. The predicted octanol–water partition coefficient (Wildman–Crippen LogP) is 7.58. The van der Waals surface area contributed by atoms with Crippen molar-refractivity contribution in [1.82, 2.24) is 0 Å². The van der Waals surface area contributed by atoms with Gasteiger partial charge in [-0.3, -0.25) is 0 Å². The summed E-state index contributed by atoms with van der Waals surface area (Å²) in [5, 5.41) is 0. The van der Waals surface area contributed by atoms with Gasteiger partial charge in [0.2, 0.25) is 0 Å². The molecule has 0 amide bonds. The van der Waals surface area contributed by atoms with E-state index in [1.165, 1.54) is 61.6 Å². The van der Waals surface area contributed by atoms with Crippen LogP contribution in [0.2, 0.25) is 0 Å². The summed E-state index contributed by atoms with van der Waals surface area (Å²) in [5.74, 6) is 0.964. The fraction of sp³-hybridized carbons (Fsp3) is 0.520. The van der Waals surface area contributed by atoms with Crippen LogP contribution >= 0.6 is 0 Å². The van der Waals surface area contributed by atoms with E-state index in [0.717, 1.165) is 18.8 Å². The minimum Gasteiger partial charge on any atom is -0.494 e. The molecule has 0 radical (unpaired) electrons. The molecule has 2 heteroatoms. The Hall–Kier alpha value is -1.80. The van der Waals surface area contributed by atoms with E-state index in [1.54, 1.807) is 7.11 Å². The van der Waals surface area contributed by atoms with Gasteiger partial charge >= 0.3 is 0 Å². The van der Waals surface area contributed by atoms with E-state index >= 15 is 0 Å². The van der Waals surface area contributed by atoms with Crippen LogP contribution in [0.3, 0.4) is 0 Å². The predicted molar refractivity (Wildman–Crippen MR) is 115 cm³/mol. The third-order valence-corrected chi connectivity index (χ3v) is 5.19. The monoisotopic (exact) mass is 368 g/mol. The van der Waals surface area contributed by atoms with E-state index < -0.39 is 0 Å². The summed E-state index contributed by atoms with van der Waals surface area (Å²) in [5.41, 5.74) is 3.63. The van der Waals surface area contributed by atoms with Crippen molar-refractivity contribution in [2.24, 2.45) is 0 Å². The van der Waals surface area contributed by atoms with Crippen molar-refractivity contribution in [3.05, 3.63) is 54.1 Å². The summed E-state index contributed by atoms with van der Waals surface area (Å²) < 4.78 is 11.3. The Bertz CT molecular complexity index is 616. The highest BCUT2D eigenvalue weighted by Crippen LogP contribution is 2.25. The number of methoxy groups -OCH3 is 1. The number of ether oxygens (including phenoxy) is 2. The first-order chi connectivity index (χ1) is 13.2. The van der Waals surface area contributed by atoms with Gasteiger partial charge in [0, 0.05) is 7.11 Å².